The van der Waals surface area contributed by atoms with E-state index in [1.54, 1.807) is 0 Å². The van der Waals surface area contributed by atoms with Crippen LogP contribution in [0.2, 0.25) is 0 Å². The van der Waals surface area contributed by atoms with E-state index in [1.807, 2.05) is 18.2 Å². The van der Waals surface area contributed by atoms with Gasteiger partial charge in [0.05, 0.1) is 19.0 Å². The van der Waals surface area contributed by atoms with E-state index in [1.165, 1.54) is 5.56 Å². The van der Waals surface area contributed by atoms with Crippen molar-refractivity contribution in [3.05, 3.63) is 35.9 Å². The molecule has 0 saturated carbocycles. The van der Waals surface area contributed by atoms with Gasteiger partial charge in [0.1, 0.15) is 0 Å². The molecular weight excluding hydrogens is 226 g/mol. The van der Waals surface area contributed by atoms with Crippen molar-refractivity contribution < 1.29 is 4.74 Å². The van der Waals surface area contributed by atoms with E-state index in [0.717, 1.165) is 19.8 Å². The summed E-state index contributed by atoms with van der Waals surface area (Å²) in [5.41, 5.74) is 6.83. The number of nitrogens with one attached hydrogen (secondary N) is 1. The molecule has 2 unspecified atom stereocenters. The van der Waals surface area contributed by atoms with Crippen LogP contribution in [0.3, 0.4) is 0 Å². The van der Waals surface area contributed by atoms with E-state index >= 15 is 0 Å². The van der Waals surface area contributed by atoms with Gasteiger partial charge in [-0.05, 0) is 12.5 Å². The van der Waals surface area contributed by atoms with Crippen molar-refractivity contribution in [1.29, 1.82) is 5.41 Å². The zero-order valence-electron chi connectivity index (χ0n) is 10.8. The first-order chi connectivity index (χ1) is 8.68. The monoisotopic (exact) mass is 247 g/mol. The molecule has 0 bridgehead atoms. The van der Waals surface area contributed by atoms with Gasteiger partial charge in [-0.25, -0.2) is 0 Å². The number of nitrogens with zero attached hydrogens (tertiary/aromatic N) is 1. The van der Waals surface area contributed by atoms with Crippen LogP contribution in [0.4, 0.5) is 0 Å². The molecule has 1 aromatic carbocycles. The number of ether oxygens (including phenoxy) is 1. The Kier molecular flexibility index (Phi) is 4.33. The minimum atomic E-state index is 0.183. The Hall–Kier alpha value is -1.39. The molecule has 4 nitrogen and oxygen atoms in total. The molecule has 0 aliphatic carbocycles. The second-order valence-corrected chi connectivity index (χ2v) is 4.82. The number of rotatable bonds is 4. The van der Waals surface area contributed by atoms with Crippen LogP contribution < -0.4 is 5.73 Å². The molecule has 1 aromatic rings. The predicted octanol–water partition coefficient (Wildman–Crippen LogP) is 1.77. The Balaban J connectivity index is 2.21. The number of amidine groups is 1. The number of hydrogen-bond donors (Lipinski definition) is 2. The van der Waals surface area contributed by atoms with Gasteiger partial charge < -0.3 is 10.5 Å². The molecule has 4 heteroatoms. The van der Waals surface area contributed by atoms with Gasteiger partial charge in [0, 0.05) is 25.0 Å². The fraction of sp³-hybridized carbons (Fsp3) is 0.500. The summed E-state index contributed by atoms with van der Waals surface area (Å²) in [6, 6.07) is 10.8. The predicted molar refractivity (Wildman–Crippen MR) is 72.7 cm³/mol. The topological polar surface area (TPSA) is 62.3 Å². The van der Waals surface area contributed by atoms with Crippen LogP contribution in [0.1, 0.15) is 24.9 Å². The molecule has 2 rings (SSSR count). The third-order valence-electron chi connectivity index (χ3n) is 3.42. The average Bonchev–Trinajstić information content (AvgIpc) is 2.38. The van der Waals surface area contributed by atoms with Crippen molar-refractivity contribution in [1.82, 2.24) is 4.90 Å². The van der Waals surface area contributed by atoms with E-state index in [0.29, 0.717) is 12.5 Å². The van der Waals surface area contributed by atoms with Gasteiger partial charge >= 0.3 is 0 Å². The van der Waals surface area contributed by atoms with E-state index in [-0.39, 0.29) is 11.9 Å². The second-order valence-electron chi connectivity index (χ2n) is 4.82. The van der Waals surface area contributed by atoms with Crippen molar-refractivity contribution in [3.8, 4) is 0 Å². The molecule has 3 N–H and O–H groups in total. The summed E-state index contributed by atoms with van der Waals surface area (Å²) >= 11 is 0. The SMILES string of the molecule is CC1COCCN1C(CC(=N)N)c1ccccc1. The molecule has 0 amide bonds. The molecule has 18 heavy (non-hydrogen) atoms. The highest BCUT2D eigenvalue weighted by atomic mass is 16.5. The van der Waals surface area contributed by atoms with Gasteiger partial charge in [0.15, 0.2) is 0 Å². The molecule has 98 valence electrons. The lowest BCUT2D eigenvalue weighted by atomic mass is 9.99. The first-order valence-corrected chi connectivity index (χ1v) is 6.40. The van der Waals surface area contributed by atoms with Crippen LogP contribution in [0.15, 0.2) is 30.3 Å². The first-order valence-electron chi connectivity index (χ1n) is 6.40. The Bertz CT molecular complexity index is 393. The highest BCUT2D eigenvalue weighted by molar-refractivity contribution is 5.77. The summed E-state index contributed by atoms with van der Waals surface area (Å²) in [7, 11) is 0. The van der Waals surface area contributed by atoms with E-state index < -0.39 is 0 Å². The minimum absolute atomic E-state index is 0.183. The summed E-state index contributed by atoms with van der Waals surface area (Å²) in [6.45, 7) is 4.57. The number of morpholine rings is 1. The molecule has 2 atom stereocenters. The van der Waals surface area contributed by atoms with Crippen LogP contribution in [0.5, 0.6) is 0 Å². The fourth-order valence-electron chi connectivity index (χ4n) is 2.51. The molecular formula is C14H21N3O. The molecule has 1 aliphatic rings. The number of hydrogen-bond acceptors (Lipinski definition) is 3. The Morgan fingerprint density at radius 3 is 2.83 bits per heavy atom. The van der Waals surface area contributed by atoms with Crippen LogP contribution in [0.25, 0.3) is 0 Å². The van der Waals surface area contributed by atoms with E-state index in [4.69, 9.17) is 15.9 Å². The summed E-state index contributed by atoms with van der Waals surface area (Å²) in [5.74, 6) is 0.238. The Labute approximate surface area is 108 Å². The van der Waals surface area contributed by atoms with Gasteiger partial charge in [-0.3, -0.25) is 10.3 Å². The summed E-state index contributed by atoms with van der Waals surface area (Å²) < 4.78 is 5.48. The van der Waals surface area contributed by atoms with E-state index in [2.05, 4.69) is 24.0 Å². The summed E-state index contributed by atoms with van der Waals surface area (Å²) in [6.07, 6.45) is 0.578. The second kappa shape index (κ2) is 5.98. The summed E-state index contributed by atoms with van der Waals surface area (Å²) in [5, 5.41) is 7.58. The molecule has 1 fully saturated rings. The third kappa shape index (κ3) is 3.09. The normalized spacial score (nSPS) is 22.6. The number of benzene rings is 1. The zero-order chi connectivity index (χ0) is 13.0. The van der Waals surface area contributed by atoms with Crippen molar-refractivity contribution in [2.24, 2.45) is 5.73 Å². The van der Waals surface area contributed by atoms with Gasteiger partial charge in [-0.15, -0.1) is 0 Å². The fourth-order valence-corrected chi connectivity index (χ4v) is 2.51. The molecule has 1 saturated heterocycles. The van der Waals surface area contributed by atoms with Crippen molar-refractivity contribution in [3.63, 3.8) is 0 Å². The van der Waals surface area contributed by atoms with Crippen LogP contribution in [0, 0.1) is 5.41 Å². The van der Waals surface area contributed by atoms with E-state index in [9.17, 15) is 0 Å². The van der Waals surface area contributed by atoms with Crippen molar-refractivity contribution in [2.75, 3.05) is 19.8 Å². The third-order valence-corrected chi connectivity index (χ3v) is 3.42. The maximum Gasteiger partial charge on any atom is 0.0924 e. The Morgan fingerprint density at radius 2 is 2.22 bits per heavy atom. The quantitative estimate of drug-likeness (QED) is 0.629. The van der Waals surface area contributed by atoms with Crippen LogP contribution in [-0.4, -0.2) is 36.5 Å². The smallest absolute Gasteiger partial charge is 0.0924 e. The van der Waals surface area contributed by atoms with Crippen LogP contribution >= 0.6 is 0 Å². The maximum atomic E-state index is 7.58. The largest absolute Gasteiger partial charge is 0.388 e. The number of nitrogens with two attached hydrogens (primary N) is 1. The van der Waals surface area contributed by atoms with Crippen molar-refractivity contribution in [2.45, 2.75) is 25.4 Å². The summed E-state index contributed by atoms with van der Waals surface area (Å²) in [4.78, 5) is 2.39. The van der Waals surface area contributed by atoms with Crippen LogP contribution in [-0.2, 0) is 4.74 Å². The lowest BCUT2D eigenvalue weighted by Gasteiger charge is -2.39. The highest BCUT2D eigenvalue weighted by Gasteiger charge is 2.27. The van der Waals surface area contributed by atoms with Gasteiger partial charge in [0.25, 0.3) is 0 Å². The Morgan fingerprint density at radius 1 is 1.50 bits per heavy atom. The maximum absolute atomic E-state index is 7.58. The van der Waals surface area contributed by atoms with Gasteiger partial charge in [-0.2, -0.15) is 0 Å². The van der Waals surface area contributed by atoms with Crippen molar-refractivity contribution >= 4 is 5.84 Å². The standard InChI is InChI=1S/C14H21N3O/c1-11-10-18-8-7-17(11)13(9-14(15)16)12-5-3-2-4-6-12/h2-6,11,13H,7-10H2,1H3,(H3,15,16). The molecule has 1 aliphatic heterocycles. The lowest BCUT2D eigenvalue weighted by molar-refractivity contribution is -0.0214. The minimum Gasteiger partial charge on any atom is -0.388 e. The molecule has 0 spiro atoms. The zero-order valence-corrected chi connectivity index (χ0v) is 10.8. The first kappa shape index (κ1) is 13.1. The van der Waals surface area contributed by atoms with Gasteiger partial charge in [0.2, 0.25) is 0 Å². The molecule has 0 aromatic heterocycles. The lowest BCUT2D eigenvalue weighted by Crippen LogP contribution is -2.46. The highest BCUT2D eigenvalue weighted by Crippen LogP contribution is 2.27. The molecule has 0 radical (unpaired) electrons. The molecule has 1 heterocycles. The van der Waals surface area contributed by atoms with Gasteiger partial charge in [-0.1, -0.05) is 30.3 Å². The average molecular weight is 247 g/mol.